The Morgan fingerprint density at radius 2 is 2.33 bits per heavy atom. The van der Waals surface area contributed by atoms with E-state index in [1.165, 1.54) is 5.69 Å². The highest BCUT2D eigenvalue weighted by molar-refractivity contribution is 5.85. The average Bonchev–Trinajstić information content (AvgIpc) is 2.93. The Kier molecular flexibility index (Phi) is 2.66. The number of hydrogen-bond acceptors (Lipinski definition) is 3. The number of piperidine rings is 1. The molecule has 0 bridgehead atoms. The molecule has 2 saturated heterocycles. The number of hydrogen-bond donors (Lipinski definition) is 1. The molecule has 98 valence electrons. The molecule has 2 aliphatic rings. The summed E-state index contributed by atoms with van der Waals surface area (Å²) in [6.07, 6.45) is 3.90. The van der Waals surface area contributed by atoms with E-state index in [-0.39, 0.29) is 11.3 Å². The predicted molar refractivity (Wildman–Crippen MR) is 68.1 cm³/mol. The molecule has 2 fully saturated rings. The molecule has 5 heteroatoms. The van der Waals surface area contributed by atoms with Crippen LogP contribution in [0.25, 0.3) is 0 Å². The minimum Gasteiger partial charge on any atom is -0.345 e. The van der Waals surface area contributed by atoms with Crippen molar-refractivity contribution in [1.82, 2.24) is 20.0 Å². The van der Waals surface area contributed by atoms with E-state index in [1.807, 2.05) is 35.9 Å². The minimum absolute atomic E-state index is 0.249. The lowest BCUT2D eigenvalue weighted by molar-refractivity contribution is -0.144. The molecule has 5 nitrogen and oxygen atoms in total. The Labute approximate surface area is 107 Å². The van der Waals surface area contributed by atoms with Crippen LogP contribution in [0.1, 0.15) is 24.5 Å². The zero-order valence-electron chi connectivity index (χ0n) is 11.0. The van der Waals surface area contributed by atoms with Crippen molar-refractivity contribution < 1.29 is 4.79 Å². The van der Waals surface area contributed by atoms with Gasteiger partial charge in [0.1, 0.15) is 0 Å². The molecule has 1 amide bonds. The molecule has 2 atom stereocenters. The van der Waals surface area contributed by atoms with Gasteiger partial charge in [0.05, 0.1) is 5.41 Å². The molecule has 2 aliphatic heterocycles. The summed E-state index contributed by atoms with van der Waals surface area (Å²) in [6, 6.07) is 2.04. The number of nitrogens with one attached hydrogen (secondary N) is 1. The third kappa shape index (κ3) is 1.50. The van der Waals surface area contributed by atoms with Gasteiger partial charge >= 0.3 is 0 Å². The predicted octanol–water partition coefficient (Wildman–Crippen LogP) is 0.345. The standard InChI is InChI=1S/C13H20N4O/c1-16-7-3-5-13(12(16)18)9-14-8-10(13)11-4-6-15-17(11)2/h4,6,10,14H,3,5,7-9H2,1-2H3/t10-,13+/m1/s1. The van der Waals surface area contributed by atoms with Crippen molar-refractivity contribution in [3.63, 3.8) is 0 Å². The molecule has 0 unspecified atom stereocenters. The van der Waals surface area contributed by atoms with Gasteiger partial charge in [0.15, 0.2) is 0 Å². The number of amides is 1. The zero-order valence-corrected chi connectivity index (χ0v) is 11.0. The molecule has 1 spiro atoms. The second-order valence-corrected chi connectivity index (χ2v) is 5.55. The normalized spacial score (nSPS) is 32.4. The van der Waals surface area contributed by atoms with Crippen LogP contribution in [0.15, 0.2) is 12.3 Å². The van der Waals surface area contributed by atoms with Gasteiger partial charge in [0.25, 0.3) is 0 Å². The van der Waals surface area contributed by atoms with E-state index >= 15 is 0 Å². The molecule has 3 heterocycles. The van der Waals surface area contributed by atoms with Gasteiger partial charge in [-0.3, -0.25) is 9.48 Å². The van der Waals surface area contributed by atoms with Crippen LogP contribution in [0.2, 0.25) is 0 Å². The summed E-state index contributed by atoms with van der Waals surface area (Å²) >= 11 is 0. The van der Waals surface area contributed by atoms with E-state index in [1.54, 1.807) is 0 Å². The van der Waals surface area contributed by atoms with Crippen LogP contribution in [0.5, 0.6) is 0 Å². The fraction of sp³-hybridized carbons (Fsp3) is 0.692. The van der Waals surface area contributed by atoms with E-state index < -0.39 is 0 Å². The smallest absolute Gasteiger partial charge is 0.230 e. The Balaban J connectivity index is 2.00. The SMILES string of the molecule is CN1CCC[C@@]2(CNC[C@@H]2c2ccnn2C)C1=O. The number of aromatic nitrogens is 2. The summed E-state index contributed by atoms with van der Waals surface area (Å²) in [5, 5.41) is 7.66. The van der Waals surface area contributed by atoms with Crippen LogP contribution < -0.4 is 5.32 Å². The molecule has 18 heavy (non-hydrogen) atoms. The lowest BCUT2D eigenvalue weighted by Crippen LogP contribution is -2.50. The summed E-state index contributed by atoms with van der Waals surface area (Å²) in [5.41, 5.74) is 0.921. The second kappa shape index (κ2) is 4.09. The molecule has 1 aromatic heterocycles. The maximum atomic E-state index is 12.6. The Morgan fingerprint density at radius 3 is 3.06 bits per heavy atom. The van der Waals surface area contributed by atoms with Crippen LogP contribution in [0.3, 0.4) is 0 Å². The molecular weight excluding hydrogens is 228 g/mol. The van der Waals surface area contributed by atoms with Crippen molar-refractivity contribution in [2.45, 2.75) is 18.8 Å². The largest absolute Gasteiger partial charge is 0.345 e. The molecule has 0 aliphatic carbocycles. The van der Waals surface area contributed by atoms with Crippen LogP contribution in [-0.2, 0) is 11.8 Å². The topological polar surface area (TPSA) is 50.2 Å². The third-order valence-electron chi connectivity index (χ3n) is 4.56. The lowest BCUT2D eigenvalue weighted by Gasteiger charge is -2.40. The number of nitrogens with zero attached hydrogens (tertiary/aromatic N) is 3. The molecule has 0 radical (unpaired) electrons. The van der Waals surface area contributed by atoms with Gasteiger partial charge in [-0.1, -0.05) is 0 Å². The lowest BCUT2D eigenvalue weighted by atomic mass is 9.70. The minimum atomic E-state index is -0.249. The van der Waals surface area contributed by atoms with Gasteiger partial charge in [-0.25, -0.2) is 0 Å². The average molecular weight is 248 g/mol. The van der Waals surface area contributed by atoms with E-state index in [9.17, 15) is 4.79 Å². The number of likely N-dealkylation sites (tertiary alicyclic amines) is 1. The first-order chi connectivity index (χ1) is 8.65. The van der Waals surface area contributed by atoms with Gasteiger partial charge in [-0.2, -0.15) is 5.10 Å². The molecule has 0 aromatic carbocycles. The summed E-state index contributed by atoms with van der Waals surface area (Å²) in [6.45, 7) is 2.56. The first-order valence-corrected chi connectivity index (χ1v) is 6.59. The van der Waals surface area contributed by atoms with Crippen LogP contribution in [0, 0.1) is 5.41 Å². The van der Waals surface area contributed by atoms with E-state index in [0.717, 1.165) is 32.5 Å². The third-order valence-corrected chi connectivity index (χ3v) is 4.56. The van der Waals surface area contributed by atoms with E-state index in [4.69, 9.17) is 0 Å². The van der Waals surface area contributed by atoms with Crippen LogP contribution >= 0.6 is 0 Å². The Bertz CT molecular complexity index is 469. The summed E-state index contributed by atoms with van der Waals surface area (Å²) in [5.74, 6) is 0.546. The van der Waals surface area contributed by atoms with Crippen molar-refractivity contribution in [2.24, 2.45) is 12.5 Å². The van der Waals surface area contributed by atoms with Gasteiger partial charge in [0, 0.05) is 51.5 Å². The van der Waals surface area contributed by atoms with Crippen molar-refractivity contribution in [3.05, 3.63) is 18.0 Å². The van der Waals surface area contributed by atoms with Gasteiger partial charge in [-0.15, -0.1) is 0 Å². The molecule has 1 N–H and O–H groups in total. The number of carbonyl (C=O) groups excluding carboxylic acids is 1. The highest BCUT2D eigenvalue weighted by Crippen LogP contribution is 2.45. The molecule has 0 saturated carbocycles. The van der Waals surface area contributed by atoms with Crippen molar-refractivity contribution in [1.29, 1.82) is 0 Å². The first-order valence-electron chi connectivity index (χ1n) is 6.59. The quantitative estimate of drug-likeness (QED) is 0.780. The maximum Gasteiger partial charge on any atom is 0.230 e. The summed E-state index contributed by atoms with van der Waals surface area (Å²) in [7, 11) is 3.88. The van der Waals surface area contributed by atoms with Crippen LogP contribution in [0.4, 0.5) is 0 Å². The fourth-order valence-electron chi connectivity index (χ4n) is 3.58. The number of rotatable bonds is 1. The molecule has 1 aromatic rings. The highest BCUT2D eigenvalue weighted by atomic mass is 16.2. The second-order valence-electron chi connectivity index (χ2n) is 5.55. The Hall–Kier alpha value is -1.36. The molecular formula is C13H20N4O. The maximum absolute atomic E-state index is 12.6. The van der Waals surface area contributed by atoms with Gasteiger partial charge in [0.2, 0.25) is 5.91 Å². The zero-order chi connectivity index (χ0) is 12.8. The monoisotopic (exact) mass is 248 g/mol. The Morgan fingerprint density at radius 1 is 1.50 bits per heavy atom. The van der Waals surface area contributed by atoms with Crippen molar-refractivity contribution in [3.8, 4) is 0 Å². The van der Waals surface area contributed by atoms with Crippen molar-refractivity contribution in [2.75, 3.05) is 26.7 Å². The van der Waals surface area contributed by atoms with Gasteiger partial charge in [-0.05, 0) is 18.9 Å². The number of aryl methyl sites for hydroxylation is 1. The highest BCUT2D eigenvalue weighted by Gasteiger charge is 2.52. The number of carbonyl (C=O) groups is 1. The van der Waals surface area contributed by atoms with Crippen molar-refractivity contribution >= 4 is 5.91 Å². The fourth-order valence-corrected chi connectivity index (χ4v) is 3.58. The van der Waals surface area contributed by atoms with Gasteiger partial charge < -0.3 is 10.2 Å². The summed E-state index contributed by atoms with van der Waals surface area (Å²) in [4.78, 5) is 14.5. The van der Waals surface area contributed by atoms with E-state index in [0.29, 0.717) is 5.91 Å². The summed E-state index contributed by atoms with van der Waals surface area (Å²) < 4.78 is 1.90. The first kappa shape index (κ1) is 11.7. The van der Waals surface area contributed by atoms with E-state index in [2.05, 4.69) is 10.4 Å². The van der Waals surface area contributed by atoms with Crippen LogP contribution in [-0.4, -0.2) is 47.3 Å². The molecule has 3 rings (SSSR count).